The first kappa shape index (κ1) is 16.9. The lowest BCUT2D eigenvalue weighted by molar-refractivity contribution is -0.141. The second-order valence-electron chi connectivity index (χ2n) is 7.80. The van der Waals surface area contributed by atoms with Crippen LogP contribution in [0.3, 0.4) is 0 Å². The summed E-state index contributed by atoms with van der Waals surface area (Å²) in [5, 5.41) is 9.20. The number of ether oxygens (including phenoxy) is 1. The van der Waals surface area contributed by atoms with E-state index in [9.17, 15) is 9.90 Å². The highest BCUT2D eigenvalue weighted by Gasteiger charge is 2.45. The number of fused-ring (bicyclic) bond motifs is 4. The fraction of sp³-hybridized carbons (Fsp3) is 0.650. The molecule has 25 heavy (non-hydrogen) atoms. The highest BCUT2D eigenvalue weighted by Crippen LogP contribution is 2.44. The first-order valence-electron chi connectivity index (χ1n) is 9.48. The number of nitrogens with zero attached hydrogens (tertiary/aromatic N) is 2. The number of aliphatic hydroxyl groups excluding tert-OH is 1. The monoisotopic (exact) mass is 344 g/mol. The molecule has 1 aromatic rings. The number of hydrogen-bond donors (Lipinski definition) is 1. The van der Waals surface area contributed by atoms with Crippen molar-refractivity contribution in [3.05, 3.63) is 29.8 Å². The second kappa shape index (κ2) is 6.96. The molecule has 136 valence electrons. The number of likely N-dealkylation sites (tertiary alicyclic amines) is 1. The van der Waals surface area contributed by atoms with Gasteiger partial charge in [0.1, 0.15) is 12.4 Å². The van der Waals surface area contributed by atoms with Crippen LogP contribution in [0.5, 0.6) is 5.75 Å². The van der Waals surface area contributed by atoms with Crippen molar-refractivity contribution in [1.82, 2.24) is 9.80 Å². The molecule has 5 heteroatoms. The van der Waals surface area contributed by atoms with Crippen LogP contribution in [-0.2, 0) is 4.79 Å². The Morgan fingerprint density at radius 2 is 2.00 bits per heavy atom. The summed E-state index contributed by atoms with van der Waals surface area (Å²) in [4.78, 5) is 16.6. The highest BCUT2D eigenvalue weighted by molar-refractivity contribution is 5.77. The van der Waals surface area contributed by atoms with Gasteiger partial charge in [-0.3, -0.25) is 9.69 Å². The molecule has 0 aliphatic carbocycles. The summed E-state index contributed by atoms with van der Waals surface area (Å²) in [6, 6.07) is 9.58. The Hall–Kier alpha value is -1.59. The van der Waals surface area contributed by atoms with Gasteiger partial charge in [0.2, 0.25) is 5.91 Å². The van der Waals surface area contributed by atoms with Gasteiger partial charge in [-0.25, -0.2) is 0 Å². The maximum Gasteiger partial charge on any atom is 0.248 e. The summed E-state index contributed by atoms with van der Waals surface area (Å²) in [6.07, 6.45) is 4.91. The van der Waals surface area contributed by atoms with E-state index in [2.05, 4.69) is 29.2 Å². The summed E-state index contributed by atoms with van der Waals surface area (Å²) in [5.74, 6) is 1.88. The van der Waals surface area contributed by atoms with Crippen LogP contribution in [0.25, 0.3) is 0 Å². The lowest BCUT2D eigenvalue weighted by Crippen LogP contribution is -2.60. The Labute approximate surface area is 149 Å². The SMILES string of the molecule is COc1ccc([C@H]2CCC[C@H]3[C@@H]4C[C@@H](CN(C(=O)CO)C4)CN23)cc1. The molecule has 1 N–H and O–H groups in total. The summed E-state index contributed by atoms with van der Waals surface area (Å²) in [5.41, 5.74) is 1.38. The molecular weight excluding hydrogens is 316 g/mol. The van der Waals surface area contributed by atoms with Gasteiger partial charge in [0.15, 0.2) is 0 Å². The molecule has 3 aliphatic heterocycles. The molecule has 0 radical (unpaired) electrons. The molecule has 3 saturated heterocycles. The Morgan fingerprint density at radius 3 is 2.72 bits per heavy atom. The predicted molar refractivity (Wildman–Crippen MR) is 95.3 cm³/mol. The zero-order chi connectivity index (χ0) is 17.4. The molecule has 0 saturated carbocycles. The van der Waals surface area contributed by atoms with Gasteiger partial charge in [-0.15, -0.1) is 0 Å². The van der Waals surface area contributed by atoms with Gasteiger partial charge in [0.05, 0.1) is 7.11 Å². The fourth-order valence-electron chi connectivity index (χ4n) is 5.30. The van der Waals surface area contributed by atoms with E-state index in [4.69, 9.17) is 4.74 Å². The molecule has 0 spiro atoms. The minimum Gasteiger partial charge on any atom is -0.497 e. The molecule has 3 fully saturated rings. The highest BCUT2D eigenvalue weighted by atomic mass is 16.5. The molecule has 4 atom stereocenters. The minimum absolute atomic E-state index is 0.106. The standard InChI is InChI=1S/C20H28N2O3/c1-25-17-7-5-15(6-8-17)18-3-2-4-19-16-9-14(11-22(18)19)10-21(12-16)20(24)13-23/h5-8,14,16,18-19,23H,2-4,9-13H2,1H3/t14-,16+,18+,19-/m0/s1. The largest absolute Gasteiger partial charge is 0.497 e. The summed E-state index contributed by atoms with van der Waals surface area (Å²) < 4.78 is 5.30. The van der Waals surface area contributed by atoms with Crippen LogP contribution in [0.15, 0.2) is 24.3 Å². The number of carbonyl (C=O) groups excluding carboxylic acids is 1. The average Bonchev–Trinajstić information content (AvgIpc) is 2.67. The molecule has 1 amide bonds. The van der Waals surface area contributed by atoms with Crippen molar-refractivity contribution in [2.45, 2.75) is 37.8 Å². The van der Waals surface area contributed by atoms with Crippen molar-refractivity contribution >= 4 is 5.91 Å². The van der Waals surface area contributed by atoms with Gasteiger partial charge < -0.3 is 14.7 Å². The van der Waals surface area contributed by atoms with Gasteiger partial charge in [-0.1, -0.05) is 12.1 Å². The number of amides is 1. The quantitative estimate of drug-likeness (QED) is 0.912. The third-order valence-corrected chi connectivity index (χ3v) is 6.38. The molecule has 5 nitrogen and oxygen atoms in total. The van der Waals surface area contributed by atoms with Crippen molar-refractivity contribution in [1.29, 1.82) is 0 Å². The first-order chi connectivity index (χ1) is 12.2. The van der Waals surface area contributed by atoms with E-state index in [-0.39, 0.29) is 12.5 Å². The Kier molecular flexibility index (Phi) is 4.69. The Balaban J connectivity index is 1.54. The zero-order valence-electron chi connectivity index (χ0n) is 14.9. The van der Waals surface area contributed by atoms with Gasteiger partial charge in [0, 0.05) is 31.7 Å². The number of methoxy groups -OCH3 is 1. The summed E-state index contributed by atoms with van der Waals surface area (Å²) >= 11 is 0. The van der Waals surface area contributed by atoms with Crippen molar-refractivity contribution in [3.8, 4) is 5.75 Å². The van der Waals surface area contributed by atoms with E-state index >= 15 is 0 Å². The number of benzene rings is 1. The summed E-state index contributed by atoms with van der Waals surface area (Å²) in [7, 11) is 1.71. The lowest BCUT2D eigenvalue weighted by Gasteiger charge is -2.55. The van der Waals surface area contributed by atoms with E-state index in [0.29, 0.717) is 23.9 Å². The van der Waals surface area contributed by atoms with Gasteiger partial charge in [-0.2, -0.15) is 0 Å². The van der Waals surface area contributed by atoms with Crippen LogP contribution in [0, 0.1) is 11.8 Å². The van der Waals surface area contributed by atoms with Crippen LogP contribution in [0.4, 0.5) is 0 Å². The molecule has 3 aliphatic rings. The van der Waals surface area contributed by atoms with Crippen LogP contribution < -0.4 is 4.74 Å². The Bertz CT molecular complexity index is 618. The number of carbonyl (C=O) groups is 1. The van der Waals surface area contributed by atoms with E-state index in [0.717, 1.165) is 25.4 Å². The smallest absolute Gasteiger partial charge is 0.248 e. The van der Waals surface area contributed by atoms with Crippen molar-refractivity contribution in [2.75, 3.05) is 33.4 Å². The predicted octanol–water partition coefficient (Wildman–Crippen LogP) is 2.06. The van der Waals surface area contributed by atoms with Crippen molar-refractivity contribution < 1.29 is 14.6 Å². The molecule has 4 rings (SSSR count). The van der Waals surface area contributed by atoms with E-state index in [1.54, 1.807) is 7.11 Å². The van der Waals surface area contributed by atoms with Gasteiger partial charge in [-0.05, 0) is 55.2 Å². The molecule has 2 bridgehead atoms. The lowest BCUT2D eigenvalue weighted by atomic mass is 9.74. The fourth-order valence-corrected chi connectivity index (χ4v) is 5.30. The number of hydrogen-bond acceptors (Lipinski definition) is 4. The molecule has 0 unspecified atom stereocenters. The minimum atomic E-state index is -0.359. The zero-order valence-corrected chi connectivity index (χ0v) is 14.9. The van der Waals surface area contributed by atoms with E-state index in [1.807, 2.05) is 4.90 Å². The van der Waals surface area contributed by atoms with Crippen LogP contribution in [0.1, 0.15) is 37.3 Å². The maximum atomic E-state index is 12.0. The van der Waals surface area contributed by atoms with Crippen molar-refractivity contribution in [2.24, 2.45) is 11.8 Å². The first-order valence-corrected chi connectivity index (χ1v) is 9.48. The second-order valence-corrected chi connectivity index (χ2v) is 7.80. The maximum absolute atomic E-state index is 12.0. The van der Waals surface area contributed by atoms with Crippen molar-refractivity contribution in [3.63, 3.8) is 0 Å². The average molecular weight is 344 g/mol. The summed E-state index contributed by atoms with van der Waals surface area (Å²) in [6.45, 7) is 2.32. The topological polar surface area (TPSA) is 53.0 Å². The van der Waals surface area contributed by atoms with Crippen LogP contribution in [-0.4, -0.2) is 60.2 Å². The third-order valence-electron chi connectivity index (χ3n) is 6.38. The normalized spacial score (nSPS) is 32.2. The molecule has 0 aromatic heterocycles. The molecule has 3 heterocycles. The molecular formula is C20H28N2O3. The number of rotatable bonds is 3. The van der Waals surface area contributed by atoms with Gasteiger partial charge >= 0.3 is 0 Å². The van der Waals surface area contributed by atoms with Gasteiger partial charge in [0.25, 0.3) is 0 Å². The van der Waals surface area contributed by atoms with Crippen LogP contribution >= 0.6 is 0 Å². The third kappa shape index (κ3) is 3.15. The van der Waals surface area contributed by atoms with Crippen LogP contribution in [0.2, 0.25) is 0 Å². The number of piperidine rings is 3. The van der Waals surface area contributed by atoms with E-state index < -0.39 is 0 Å². The number of aliphatic hydroxyl groups is 1. The Morgan fingerprint density at radius 1 is 1.20 bits per heavy atom. The van der Waals surface area contributed by atoms with E-state index in [1.165, 1.54) is 31.2 Å². The molecule has 1 aromatic carbocycles.